The molecule has 1 atom stereocenters. The highest BCUT2D eigenvalue weighted by molar-refractivity contribution is 5.88. The number of alkyl halides is 3. The van der Waals surface area contributed by atoms with E-state index in [1.54, 1.807) is 17.7 Å². The van der Waals surface area contributed by atoms with Gasteiger partial charge in [0.15, 0.2) is 0 Å². The average molecular weight is 474 g/mol. The lowest BCUT2D eigenvalue weighted by Gasteiger charge is -2.19. The zero-order valence-corrected chi connectivity index (χ0v) is 18.6. The van der Waals surface area contributed by atoms with Crippen molar-refractivity contribution in [2.75, 3.05) is 13.7 Å². The first-order chi connectivity index (χ1) is 16.3. The first-order valence-electron chi connectivity index (χ1n) is 10.4. The monoisotopic (exact) mass is 474 g/mol. The molecule has 1 aromatic carbocycles. The van der Waals surface area contributed by atoms with E-state index in [2.05, 4.69) is 20.2 Å². The molecular weight excluding hydrogens is 453 g/mol. The van der Waals surface area contributed by atoms with Gasteiger partial charge in [-0.05, 0) is 31.0 Å². The molecule has 12 heteroatoms. The molecule has 0 aliphatic heterocycles. The van der Waals surface area contributed by atoms with Crippen molar-refractivity contribution in [2.45, 2.75) is 32.5 Å². The number of carbonyl (C=O) groups is 1. The predicted octanol–water partition coefficient (Wildman–Crippen LogP) is 4.22. The molecule has 0 amide bonds. The molecule has 0 saturated carbocycles. The van der Waals surface area contributed by atoms with Gasteiger partial charge in [-0.15, -0.1) is 0 Å². The second-order valence-corrected chi connectivity index (χ2v) is 7.30. The Morgan fingerprint density at radius 3 is 2.62 bits per heavy atom. The van der Waals surface area contributed by atoms with Crippen LogP contribution in [0.2, 0.25) is 0 Å². The predicted molar refractivity (Wildman–Crippen MR) is 115 cm³/mol. The second kappa shape index (κ2) is 9.12. The summed E-state index contributed by atoms with van der Waals surface area (Å²) in [6.45, 7) is 3.77. The quantitative estimate of drug-likeness (QED) is 0.370. The topological polar surface area (TPSA) is 97.0 Å². The van der Waals surface area contributed by atoms with E-state index >= 15 is 0 Å². The maximum Gasteiger partial charge on any atom is 0.416 e. The summed E-state index contributed by atoms with van der Waals surface area (Å²) < 4.78 is 53.0. The number of halogens is 3. The summed E-state index contributed by atoms with van der Waals surface area (Å²) in [5, 5.41) is 8.50. The summed E-state index contributed by atoms with van der Waals surface area (Å²) in [6.07, 6.45) is 0.255. The van der Waals surface area contributed by atoms with Gasteiger partial charge in [-0.1, -0.05) is 19.1 Å². The van der Waals surface area contributed by atoms with E-state index in [9.17, 15) is 18.0 Å². The third kappa shape index (κ3) is 4.30. The molecule has 9 nitrogen and oxygen atoms in total. The fourth-order valence-corrected chi connectivity index (χ4v) is 3.62. The van der Waals surface area contributed by atoms with Crippen molar-refractivity contribution in [3.8, 4) is 11.8 Å². The molecule has 0 saturated heterocycles. The maximum absolute atomic E-state index is 13.3. The van der Waals surface area contributed by atoms with Gasteiger partial charge in [-0.3, -0.25) is 4.68 Å². The van der Waals surface area contributed by atoms with Gasteiger partial charge in [-0.2, -0.15) is 28.4 Å². The minimum Gasteiger partial charge on any atom is -0.479 e. The van der Waals surface area contributed by atoms with Crippen LogP contribution in [0, 0.1) is 0 Å². The van der Waals surface area contributed by atoms with E-state index in [0.29, 0.717) is 23.0 Å². The van der Waals surface area contributed by atoms with E-state index in [1.165, 1.54) is 36.4 Å². The van der Waals surface area contributed by atoms with E-state index < -0.39 is 23.8 Å². The van der Waals surface area contributed by atoms with E-state index in [1.807, 2.05) is 6.92 Å². The summed E-state index contributed by atoms with van der Waals surface area (Å²) >= 11 is 0. The molecule has 1 unspecified atom stereocenters. The summed E-state index contributed by atoms with van der Waals surface area (Å²) in [6, 6.07) is 4.63. The van der Waals surface area contributed by atoms with Gasteiger partial charge in [0, 0.05) is 6.20 Å². The lowest BCUT2D eigenvalue weighted by atomic mass is 10.0. The Bertz CT molecular complexity index is 1330. The first kappa shape index (κ1) is 23.2. The third-order valence-electron chi connectivity index (χ3n) is 5.17. The van der Waals surface area contributed by atoms with Gasteiger partial charge in [0.2, 0.25) is 5.88 Å². The normalized spacial score (nSPS) is 12.6. The molecule has 34 heavy (non-hydrogen) atoms. The molecule has 0 bridgehead atoms. The van der Waals surface area contributed by atoms with E-state index in [0.717, 1.165) is 12.1 Å². The number of esters is 1. The van der Waals surface area contributed by atoms with Gasteiger partial charge in [0.25, 0.3) is 5.95 Å². The van der Waals surface area contributed by atoms with Gasteiger partial charge in [-0.25, -0.2) is 14.5 Å². The van der Waals surface area contributed by atoms with Crippen LogP contribution in [0.25, 0.3) is 17.0 Å². The lowest BCUT2D eigenvalue weighted by Crippen LogP contribution is -2.14. The van der Waals surface area contributed by atoms with Crippen LogP contribution in [0.15, 0.2) is 42.9 Å². The number of hydrogen-bond donors (Lipinski definition) is 0. The molecule has 3 aromatic heterocycles. The van der Waals surface area contributed by atoms with Gasteiger partial charge in [0.05, 0.1) is 43.3 Å². The highest BCUT2D eigenvalue weighted by Crippen LogP contribution is 2.34. The van der Waals surface area contributed by atoms with Crippen molar-refractivity contribution >= 4 is 17.0 Å². The Kier molecular flexibility index (Phi) is 6.22. The largest absolute Gasteiger partial charge is 0.479 e. The fraction of sp³-hybridized carbons (Fsp3) is 0.318. The van der Waals surface area contributed by atoms with Crippen LogP contribution in [0.4, 0.5) is 13.2 Å². The minimum atomic E-state index is -4.46. The number of fused-ring (bicyclic) bond motifs is 1. The van der Waals surface area contributed by atoms with Crippen LogP contribution in [-0.4, -0.2) is 49.2 Å². The molecular formula is C22H21F3N6O3. The zero-order chi connectivity index (χ0) is 24.5. The summed E-state index contributed by atoms with van der Waals surface area (Å²) in [4.78, 5) is 20.8. The van der Waals surface area contributed by atoms with Crippen LogP contribution in [0.5, 0.6) is 5.88 Å². The Morgan fingerprint density at radius 1 is 1.15 bits per heavy atom. The standard InChI is InChI=1S/C22H21F3N6O3/c1-4-17(13-7-6-8-15(9-13)22(23,24)25)31-18-16(11-27-31)28-21(29-19(18)33-3)30-12-14(10-26-30)20(32)34-5-2/h6-12,17H,4-5H2,1-3H3. The zero-order valence-electron chi connectivity index (χ0n) is 18.6. The minimum absolute atomic E-state index is 0.131. The van der Waals surface area contributed by atoms with Crippen molar-refractivity contribution in [1.82, 2.24) is 29.5 Å². The molecule has 178 valence electrons. The fourth-order valence-electron chi connectivity index (χ4n) is 3.62. The Balaban J connectivity index is 1.77. The number of carbonyl (C=O) groups excluding carboxylic acids is 1. The average Bonchev–Trinajstić information content (AvgIpc) is 3.47. The van der Waals surface area contributed by atoms with Crippen LogP contribution in [-0.2, 0) is 10.9 Å². The second-order valence-electron chi connectivity index (χ2n) is 7.30. The van der Waals surface area contributed by atoms with Crippen molar-refractivity contribution in [1.29, 1.82) is 0 Å². The Hall–Kier alpha value is -3.96. The lowest BCUT2D eigenvalue weighted by molar-refractivity contribution is -0.137. The number of benzene rings is 1. The molecule has 0 aliphatic rings. The summed E-state index contributed by atoms with van der Waals surface area (Å²) in [7, 11) is 1.42. The van der Waals surface area contributed by atoms with Crippen LogP contribution >= 0.6 is 0 Å². The van der Waals surface area contributed by atoms with Crippen molar-refractivity contribution < 1.29 is 27.4 Å². The number of methoxy groups -OCH3 is 1. The number of hydrogen-bond acceptors (Lipinski definition) is 7. The van der Waals surface area contributed by atoms with Crippen molar-refractivity contribution in [2.24, 2.45) is 0 Å². The highest BCUT2D eigenvalue weighted by Gasteiger charge is 2.31. The number of nitrogens with zero attached hydrogens (tertiary/aromatic N) is 6. The molecule has 4 rings (SSSR count). The Morgan fingerprint density at radius 2 is 1.94 bits per heavy atom. The van der Waals surface area contributed by atoms with Crippen molar-refractivity contribution in [3.05, 3.63) is 59.5 Å². The van der Waals surface area contributed by atoms with Crippen LogP contribution in [0.1, 0.15) is 47.8 Å². The molecule has 3 heterocycles. The van der Waals surface area contributed by atoms with Crippen LogP contribution in [0.3, 0.4) is 0 Å². The molecule has 0 fully saturated rings. The molecule has 0 spiro atoms. The van der Waals surface area contributed by atoms with Gasteiger partial charge in [0.1, 0.15) is 11.0 Å². The van der Waals surface area contributed by atoms with Gasteiger partial charge < -0.3 is 9.47 Å². The highest BCUT2D eigenvalue weighted by atomic mass is 19.4. The number of aromatic nitrogens is 6. The first-order valence-corrected chi connectivity index (χ1v) is 10.4. The van der Waals surface area contributed by atoms with E-state index in [-0.39, 0.29) is 24.0 Å². The summed E-state index contributed by atoms with van der Waals surface area (Å²) in [5.74, 6) is -0.232. The molecule has 0 aliphatic carbocycles. The summed E-state index contributed by atoms with van der Waals surface area (Å²) in [5.41, 5.74) is 0.769. The molecule has 0 N–H and O–H groups in total. The van der Waals surface area contributed by atoms with Gasteiger partial charge >= 0.3 is 12.1 Å². The number of rotatable bonds is 7. The van der Waals surface area contributed by atoms with E-state index in [4.69, 9.17) is 9.47 Å². The smallest absolute Gasteiger partial charge is 0.416 e. The third-order valence-corrected chi connectivity index (χ3v) is 5.17. The van der Waals surface area contributed by atoms with Crippen LogP contribution < -0.4 is 4.74 Å². The maximum atomic E-state index is 13.3. The molecule has 0 radical (unpaired) electrons. The molecule has 4 aromatic rings. The SMILES string of the molecule is CCOC(=O)c1cnn(-c2nc(OC)c3c(cnn3C(CC)c3cccc(C(F)(F)F)c3)n2)c1. The number of ether oxygens (including phenoxy) is 2. The Labute approximate surface area is 192 Å². The van der Waals surface area contributed by atoms with Crippen molar-refractivity contribution in [3.63, 3.8) is 0 Å².